The van der Waals surface area contributed by atoms with Gasteiger partial charge in [0.25, 0.3) is 5.91 Å². The fraction of sp³-hybridized carbons (Fsp3) is 0. The number of fused-ring (bicyclic) bond motifs is 1. The quantitative estimate of drug-likeness (QED) is 0.781. The Morgan fingerprint density at radius 3 is 2.63 bits per heavy atom. The molecule has 1 N–H and O–H groups in total. The lowest BCUT2D eigenvalue weighted by Crippen LogP contribution is -2.12. The SMILES string of the molecule is O=C(Nc1ccc(Br)c2ccccc12)c1ccon1. The van der Waals surface area contributed by atoms with Crippen LogP contribution < -0.4 is 5.32 Å². The van der Waals surface area contributed by atoms with Crippen LogP contribution in [0.3, 0.4) is 0 Å². The summed E-state index contributed by atoms with van der Waals surface area (Å²) in [5.74, 6) is -0.291. The first-order valence-corrected chi connectivity index (χ1v) is 6.44. The van der Waals surface area contributed by atoms with Gasteiger partial charge in [0, 0.05) is 21.6 Å². The number of anilines is 1. The molecule has 19 heavy (non-hydrogen) atoms. The van der Waals surface area contributed by atoms with Crippen LogP contribution >= 0.6 is 15.9 Å². The molecule has 0 aliphatic rings. The van der Waals surface area contributed by atoms with Gasteiger partial charge in [-0.25, -0.2) is 0 Å². The van der Waals surface area contributed by atoms with Gasteiger partial charge >= 0.3 is 0 Å². The minimum absolute atomic E-state index is 0.256. The van der Waals surface area contributed by atoms with E-state index in [4.69, 9.17) is 0 Å². The van der Waals surface area contributed by atoms with Crippen molar-refractivity contribution in [1.29, 1.82) is 0 Å². The van der Waals surface area contributed by atoms with E-state index in [0.29, 0.717) is 0 Å². The average Bonchev–Trinajstić information content (AvgIpc) is 2.96. The molecule has 2 aromatic carbocycles. The van der Waals surface area contributed by atoms with Gasteiger partial charge in [-0.15, -0.1) is 0 Å². The van der Waals surface area contributed by atoms with Crippen LogP contribution in [0, 0.1) is 0 Å². The number of nitrogens with zero attached hydrogens (tertiary/aromatic N) is 1. The number of hydrogen-bond acceptors (Lipinski definition) is 3. The van der Waals surface area contributed by atoms with Gasteiger partial charge in [-0.05, 0) is 17.5 Å². The van der Waals surface area contributed by atoms with Crippen LogP contribution in [0.15, 0.2) is 57.7 Å². The van der Waals surface area contributed by atoms with Crippen LogP contribution in [0.1, 0.15) is 10.5 Å². The van der Waals surface area contributed by atoms with Gasteiger partial charge in [0.15, 0.2) is 5.69 Å². The fourth-order valence-electron chi connectivity index (χ4n) is 1.89. The van der Waals surface area contributed by atoms with Crippen molar-refractivity contribution in [1.82, 2.24) is 5.16 Å². The highest BCUT2D eigenvalue weighted by Gasteiger charge is 2.11. The van der Waals surface area contributed by atoms with E-state index in [1.165, 1.54) is 12.3 Å². The van der Waals surface area contributed by atoms with Gasteiger partial charge in [-0.3, -0.25) is 4.79 Å². The zero-order valence-corrected chi connectivity index (χ0v) is 11.3. The summed E-state index contributed by atoms with van der Waals surface area (Å²) in [7, 11) is 0. The van der Waals surface area contributed by atoms with Gasteiger partial charge in [-0.2, -0.15) is 0 Å². The maximum atomic E-state index is 12.0. The molecule has 3 aromatic rings. The molecule has 94 valence electrons. The molecule has 1 aromatic heterocycles. The minimum Gasteiger partial charge on any atom is -0.364 e. The van der Waals surface area contributed by atoms with E-state index < -0.39 is 0 Å². The van der Waals surface area contributed by atoms with Crippen molar-refractivity contribution in [2.75, 3.05) is 5.32 Å². The molecule has 0 spiro atoms. The highest BCUT2D eigenvalue weighted by molar-refractivity contribution is 9.10. The monoisotopic (exact) mass is 316 g/mol. The van der Waals surface area contributed by atoms with E-state index in [0.717, 1.165) is 20.9 Å². The van der Waals surface area contributed by atoms with E-state index >= 15 is 0 Å². The molecule has 1 heterocycles. The third kappa shape index (κ3) is 2.24. The first-order chi connectivity index (χ1) is 9.25. The largest absolute Gasteiger partial charge is 0.364 e. The molecule has 5 heteroatoms. The van der Waals surface area contributed by atoms with Crippen molar-refractivity contribution in [3.63, 3.8) is 0 Å². The highest BCUT2D eigenvalue weighted by atomic mass is 79.9. The van der Waals surface area contributed by atoms with Crippen molar-refractivity contribution in [2.24, 2.45) is 0 Å². The number of hydrogen-bond donors (Lipinski definition) is 1. The fourth-order valence-corrected chi connectivity index (χ4v) is 2.37. The Bertz CT molecular complexity index is 738. The van der Waals surface area contributed by atoms with Crippen molar-refractivity contribution in [3.05, 3.63) is 58.9 Å². The van der Waals surface area contributed by atoms with Crippen LogP contribution in [0.5, 0.6) is 0 Å². The Labute approximate surface area is 117 Å². The second-order valence-electron chi connectivity index (χ2n) is 3.98. The summed E-state index contributed by atoms with van der Waals surface area (Å²) >= 11 is 3.50. The summed E-state index contributed by atoms with van der Waals surface area (Å²) in [4.78, 5) is 12.0. The average molecular weight is 317 g/mol. The molecule has 1 amide bonds. The summed E-state index contributed by atoms with van der Waals surface area (Å²) < 4.78 is 5.65. The molecule has 0 aliphatic carbocycles. The molecule has 3 rings (SSSR count). The Morgan fingerprint density at radius 2 is 1.89 bits per heavy atom. The number of nitrogens with one attached hydrogen (secondary N) is 1. The number of benzene rings is 2. The van der Waals surface area contributed by atoms with Crippen LogP contribution in [-0.2, 0) is 0 Å². The van der Waals surface area contributed by atoms with E-state index in [1.807, 2.05) is 36.4 Å². The molecule has 0 saturated carbocycles. The molecule has 4 nitrogen and oxygen atoms in total. The van der Waals surface area contributed by atoms with Gasteiger partial charge in [-0.1, -0.05) is 45.4 Å². The summed E-state index contributed by atoms with van der Waals surface area (Å²) in [6.07, 6.45) is 1.37. The molecular formula is C14H9BrN2O2. The van der Waals surface area contributed by atoms with E-state index in [1.54, 1.807) is 0 Å². The molecule has 0 bridgehead atoms. The summed E-state index contributed by atoms with van der Waals surface area (Å²) in [6, 6.07) is 13.1. The predicted molar refractivity (Wildman–Crippen MR) is 76.1 cm³/mol. The molecule has 0 saturated heterocycles. The highest BCUT2D eigenvalue weighted by Crippen LogP contribution is 2.30. The second-order valence-corrected chi connectivity index (χ2v) is 4.83. The first kappa shape index (κ1) is 11.9. The minimum atomic E-state index is -0.291. The van der Waals surface area contributed by atoms with Crippen LogP contribution in [0.2, 0.25) is 0 Å². The number of halogens is 1. The van der Waals surface area contributed by atoms with E-state index in [-0.39, 0.29) is 11.6 Å². The summed E-state index contributed by atoms with van der Waals surface area (Å²) in [5, 5.41) is 8.45. The Morgan fingerprint density at radius 1 is 1.11 bits per heavy atom. The normalized spacial score (nSPS) is 10.6. The van der Waals surface area contributed by atoms with E-state index in [9.17, 15) is 4.79 Å². The second kappa shape index (κ2) is 4.85. The maximum absolute atomic E-state index is 12.0. The van der Waals surface area contributed by atoms with Gasteiger partial charge in [0.1, 0.15) is 6.26 Å². The number of carbonyl (C=O) groups excluding carboxylic acids is 1. The lowest BCUT2D eigenvalue weighted by atomic mass is 10.1. The molecule has 0 radical (unpaired) electrons. The third-order valence-corrected chi connectivity index (χ3v) is 3.48. The number of carbonyl (C=O) groups is 1. The predicted octanol–water partition coefficient (Wildman–Crippen LogP) is 3.84. The van der Waals surface area contributed by atoms with Gasteiger partial charge < -0.3 is 9.84 Å². The van der Waals surface area contributed by atoms with Crippen LogP contribution in [0.4, 0.5) is 5.69 Å². The molecule has 0 unspecified atom stereocenters. The number of aromatic nitrogens is 1. The van der Waals surface area contributed by atoms with Crippen LogP contribution in [-0.4, -0.2) is 11.1 Å². The zero-order chi connectivity index (χ0) is 13.2. The smallest absolute Gasteiger partial charge is 0.277 e. The summed E-state index contributed by atoms with van der Waals surface area (Å²) in [5.41, 5.74) is 0.999. The molecule has 0 atom stereocenters. The zero-order valence-electron chi connectivity index (χ0n) is 9.76. The van der Waals surface area contributed by atoms with Crippen molar-refractivity contribution in [2.45, 2.75) is 0 Å². The standard InChI is InChI=1S/C14H9BrN2O2/c15-11-5-6-12(10-4-2-1-3-9(10)11)16-14(18)13-7-8-19-17-13/h1-8H,(H,16,18). The van der Waals surface area contributed by atoms with Crippen molar-refractivity contribution >= 4 is 38.3 Å². The van der Waals surface area contributed by atoms with Gasteiger partial charge in [0.05, 0.1) is 0 Å². The Kier molecular flexibility index (Phi) is 3.05. The third-order valence-electron chi connectivity index (χ3n) is 2.79. The summed E-state index contributed by atoms with van der Waals surface area (Å²) in [6.45, 7) is 0. The van der Waals surface area contributed by atoms with Crippen molar-refractivity contribution < 1.29 is 9.32 Å². The topological polar surface area (TPSA) is 55.1 Å². The van der Waals surface area contributed by atoms with Crippen LogP contribution in [0.25, 0.3) is 10.8 Å². The first-order valence-electron chi connectivity index (χ1n) is 5.65. The number of amides is 1. The van der Waals surface area contributed by atoms with Gasteiger partial charge in [0.2, 0.25) is 0 Å². The van der Waals surface area contributed by atoms with E-state index in [2.05, 4.69) is 30.9 Å². The lowest BCUT2D eigenvalue weighted by Gasteiger charge is -2.08. The maximum Gasteiger partial charge on any atom is 0.277 e. The molecule has 0 fully saturated rings. The lowest BCUT2D eigenvalue weighted by molar-refractivity contribution is 0.101. The Hall–Kier alpha value is -2.14. The number of rotatable bonds is 2. The van der Waals surface area contributed by atoms with Crippen molar-refractivity contribution in [3.8, 4) is 0 Å². The molecular weight excluding hydrogens is 308 g/mol. The molecule has 0 aliphatic heterocycles. The Balaban J connectivity index is 2.02.